The summed E-state index contributed by atoms with van der Waals surface area (Å²) < 4.78 is 43.2. The van der Waals surface area contributed by atoms with Crippen LogP contribution in [0, 0.1) is 17.5 Å². The van der Waals surface area contributed by atoms with Crippen molar-refractivity contribution in [3.05, 3.63) is 81.8 Å². The molecule has 0 bridgehead atoms. The van der Waals surface area contributed by atoms with E-state index in [9.17, 15) is 18.0 Å². The van der Waals surface area contributed by atoms with E-state index in [2.05, 4.69) is 30.2 Å². The SMILES string of the molecule is CCc1ccc2c(c1)CCc1c-2nc2c(C(=O)N3CCN(Cc4cc(F)cc(F)c4F)CC3)cnn2c1N(C)C. The molecule has 2 aliphatic rings. The van der Waals surface area contributed by atoms with Crippen molar-refractivity contribution in [2.45, 2.75) is 32.7 Å². The van der Waals surface area contributed by atoms with Gasteiger partial charge >= 0.3 is 0 Å². The lowest BCUT2D eigenvalue weighted by Gasteiger charge is -2.34. The Morgan fingerprint density at radius 1 is 1.02 bits per heavy atom. The van der Waals surface area contributed by atoms with Crippen molar-refractivity contribution in [3.8, 4) is 11.3 Å². The molecule has 1 aliphatic heterocycles. The number of aryl methyl sites for hydroxylation is 2. The van der Waals surface area contributed by atoms with Crippen LogP contribution in [0.1, 0.15) is 39.5 Å². The third-order valence-electron chi connectivity index (χ3n) is 7.97. The highest BCUT2D eigenvalue weighted by atomic mass is 19.2. The third kappa shape index (κ3) is 4.50. The minimum atomic E-state index is -1.20. The number of nitrogens with zero attached hydrogens (tertiary/aromatic N) is 6. The van der Waals surface area contributed by atoms with Gasteiger partial charge in [0.1, 0.15) is 17.2 Å². The normalized spacial score (nSPS) is 15.3. The molecule has 40 heavy (non-hydrogen) atoms. The van der Waals surface area contributed by atoms with Gasteiger partial charge < -0.3 is 9.80 Å². The van der Waals surface area contributed by atoms with Gasteiger partial charge in [0.2, 0.25) is 0 Å². The number of hydrogen-bond acceptors (Lipinski definition) is 5. The van der Waals surface area contributed by atoms with Crippen LogP contribution in [0.4, 0.5) is 19.0 Å². The molecule has 0 spiro atoms. The monoisotopic (exact) mass is 548 g/mol. The maximum Gasteiger partial charge on any atom is 0.259 e. The molecule has 1 amide bonds. The lowest BCUT2D eigenvalue weighted by atomic mass is 9.87. The molecule has 4 aromatic rings. The molecule has 208 valence electrons. The van der Waals surface area contributed by atoms with Crippen LogP contribution in [0.3, 0.4) is 0 Å². The Morgan fingerprint density at radius 3 is 2.52 bits per heavy atom. The number of aromatic nitrogens is 3. The molecular formula is C30H31F3N6O. The molecule has 2 aromatic heterocycles. The van der Waals surface area contributed by atoms with E-state index in [-0.39, 0.29) is 18.0 Å². The summed E-state index contributed by atoms with van der Waals surface area (Å²) in [7, 11) is 3.95. The number of amides is 1. The highest BCUT2D eigenvalue weighted by molar-refractivity contribution is 6.00. The van der Waals surface area contributed by atoms with Crippen LogP contribution in [0.25, 0.3) is 16.9 Å². The summed E-state index contributed by atoms with van der Waals surface area (Å²) in [6.07, 6.45) is 4.32. The number of hydrogen-bond donors (Lipinski definition) is 0. The van der Waals surface area contributed by atoms with E-state index in [1.807, 2.05) is 23.9 Å². The Labute approximate surface area is 230 Å². The van der Waals surface area contributed by atoms with Gasteiger partial charge in [0.15, 0.2) is 17.3 Å². The fraction of sp³-hybridized carbons (Fsp3) is 0.367. The maximum atomic E-state index is 14.2. The van der Waals surface area contributed by atoms with Gasteiger partial charge in [-0.25, -0.2) is 18.2 Å². The lowest BCUT2D eigenvalue weighted by molar-refractivity contribution is 0.0628. The van der Waals surface area contributed by atoms with Gasteiger partial charge in [0.25, 0.3) is 5.91 Å². The number of rotatable bonds is 5. The molecule has 0 atom stereocenters. The van der Waals surface area contributed by atoms with Crippen LogP contribution in [0.15, 0.2) is 36.5 Å². The van der Waals surface area contributed by atoms with E-state index in [4.69, 9.17) is 4.98 Å². The van der Waals surface area contributed by atoms with E-state index in [1.54, 1.807) is 15.6 Å². The summed E-state index contributed by atoms with van der Waals surface area (Å²) in [6.45, 7) is 3.89. The molecule has 0 N–H and O–H groups in total. The first-order valence-corrected chi connectivity index (χ1v) is 13.6. The average Bonchev–Trinajstić information content (AvgIpc) is 3.37. The van der Waals surface area contributed by atoms with Crippen molar-refractivity contribution in [2.24, 2.45) is 0 Å². The molecule has 10 heteroatoms. The van der Waals surface area contributed by atoms with Crippen LogP contribution in [-0.2, 0) is 25.8 Å². The number of benzene rings is 2. The van der Waals surface area contributed by atoms with Crippen LogP contribution >= 0.6 is 0 Å². The minimum absolute atomic E-state index is 0.0311. The molecule has 6 rings (SSSR count). The second-order valence-electron chi connectivity index (χ2n) is 10.7. The summed E-state index contributed by atoms with van der Waals surface area (Å²) in [6, 6.07) is 8.09. The Morgan fingerprint density at radius 2 is 1.80 bits per heavy atom. The van der Waals surface area contributed by atoms with Gasteiger partial charge in [0.05, 0.1) is 11.9 Å². The van der Waals surface area contributed by atoms with Gasteiger partial charge in [-0.3, -0.25) is 9.69 Å². The van der Waals surface area contributed by atoms with Gasteiger partial charge in [0, 0.05) is 69.6 Å². The Bertz CT molecular complexity index is 1620. The zero-order chi connectivity index (χ0) is 28.1. The van der Waals surface area contributed by atoms with E-state index in [0.29, 0.717) is 43.5 Å². The molecule has 1 aliphatic carbocycles. The van der Waals surface area contributed by atoms with Gasteiger partial charge in [-0.15, -0.1) is 0 Å². The van der Waals surface area contributed by atoms with E-state index < -0.39 is 17.5 Å². The van der Waals surface area contributed by atoms with Crippen LogP contribution in [0.5, 0.6) is 0 Å². The van der Waals surface area contributed by atoms with E-state index >= 15 is 0 Å². The molecule has 3 heterocycles. The Balaban J connectivity index is 1.28. The number of carbonyl (C=O) groups is 1. The van der Waals surface area contributed by atoms with Gasteiger partial charge in [-0.1, -0.05) is 25.1 Å². The fourth-order valence-corrected chi connectivity index (χ4v) is 5.88. The summed E-state index contributed by atoms with van der Waals surface area (Å²) in [4.78, 5) is 24.4. The van der Waals surface area contributed by atoms with E-state index in [1.165, 1.54) is 11.1 Å². The number of halogens is 3. The van der Waals surface area contributed by atoms with Crippen molar-refractivity contribution in [1.29, 1.82) is 0 Å². The number of fused-ring (bicyclic) bond motifs is 4. The summed E-state index contributed by atoms with van der Waals surface area (Å²) in [5, 5.41) is 4.59. The maximum absolute atomic E-state index is 14.2. The molecule has 0 unspecified atom stereocenters. The predicted octanol–water partition coefficient (Wildman–Crippen LogP) is 4.50. The van der Waals surface area contributed by atoms with Crippen LogP contribution in [0.2, 0.25) is 0 Å². The van der Waals surface area contributed by atoms with Gasteiger partial charge in [-0.2, -0.15) is 9.61 Å². The highest BCUT2D eigenvalue weighted by Crippen LogP contribution is 2.38. The van der Waals surface area contributed by atoms with Crippen molar-refractivity contribution in [1.82, 2.24) is 24.4 Å². The Hall–Kier alpha value is -3.92. The standard InChI is InChI=1S/C30H31F3N6O/c1-4-18-5-7-22-19(13-18)6-8-23-27(22)35-28-24(16-34-39(28)29(23)36(2)3)30(40)38-11-9-37(10-12-38)17-20-14-21(31)15-25(32)26(20)33/h5,7,13-16H,4,6,8-12,17H2,1-3H3. The van der Waals surface area contributed by atoms with Crippen LogP contribution < -0.4 is 4.90 Å². The first kappa shape index (κ1) is 26.3. The predicted molar refractivity (Wildman–Crippen MR) is 147 cm³/mol. The largest absolute Gasteiger partial charge is 0.362 e. The first-order chi connectivity index (χ1) is 19.2. The number of carbonyl (C=O) groups excluding carboxylic acids is 1. The summed E-state index contributed by atoms with van der Waals surface area (Å²) in [5.41, 5.74) is 6.58. The summed E-state index contributed by atoms with van der Waals surface area (Å²) in [5.74, 6) is -2.30. The molecule has 0 radical (unpaired) electrons. The number of piperazine rings is 1. The molecule has 1 fully saturated rings. The first-order valence-electron chi connectivity index (χ1n) is 13.6. The van der Waals surface area contributed by atoms with E-state index in [0.717, 1.165) is 48.0 Å². The lowest BCUT2D eigenvalue weighted by Crippen LogP contribution is -2.48. The average molecular weight is 549 g/mol. The van der Waals surface area contributed by atoms with Crippen molar-refractivity contribution < 1.29 is 18.0 Å². The quantitative estimate of drug-likeness (QED) is 0.344. The zero-order valence-electron chi connectivity index (χ0n) is 22.8. The van der Waals surface area contributed by atoms with Crippen LogP contribution in [-0.4, -0.2) is 70.6 Å². The van der Waals surface area contributed by atoms with Crippen molar-refractivity contribution in [2.75, 3.05) is 45.2 Å². The second-order valence-corrected chi connectivity index (χ2v) is 10.7. The van der Waals surface area contributed by atoms with Crippen molar-refractivity contribution >= 4 is 17.4 Å². The molecule has 7 nitrogen and oxygen atoms in total. The minimum Gasteiger partial charge on any atom is -0.362 e. The summed E-state index contributed by atoms with van der Waals surface area (Å²) >= 11 is 0. The highest BCUT2D eigenvalue weighted by Gasteiger charge is 2.30. The van der Waals surface area contributed by atoms with Gasteiger partial charge in [-0.05, 0) is 36.5 Å². The molecule has 2 aromatic carbocycles. The van der Waals surface area contributed by atoms with Crippen molar-refractivity contribution in [3.63, 3.8) is 0 Å². The third-order valence-corrected chi connectivity index (χ3v) is 7.97. The smallest absolute Gasteiger partial charge is 0.259 e. The number of anilines is 1. The molecule has 0 saturated carbocycles. The fourth-order valence-electron chi connectivity index (χ4n) is 5.88. The topological polar surface area (TPSA) is 57.0 Å². The molecule has 1 saturated heterocycles. The Kier molecular flexibility index (Phi) is 6.74. The molecular weight excluding hydrogens is 517 g/mol. The zero-order valence-corrected chi connectivity index (χ0v) is 22.8. The second kappa shape index (κ2) is 10.2.